The van der Waals surface area contributed by atoms with Crippen molar-refractivity contribution in [3.63, 3.8) is 0 Å². The highest BCUT2D eigenvalue weighted by molar-refractivity contribution is 6.14. The number of amides is 3. The molecule has 4 rings (SSSR count). The van der Waals surface area contributed by atoms with Crippen molar-refractivity contribution < 1.29 is 19.1 Å². The van der Waals surface area contributed by atoms with Crippen LogP contribution in [0.25, 0.3) is 0 Å². The van der Waals surface area contributed by atoms with Gasteiger partial charge in [-0.2, -0.15) is 5.10 Å². The van der Waals surface area contributed by atoms with E-state index in [2.05, 4.69) is 12.2 Å². The van der Waals surface area contributed by atoms with Crippen molar-refractivity contribution in [3.8, 4) is 11.5 Å². The highest BCUT2D eigenvalue weighted by Gasteiger charge is 2.27. The largest absolute Gasteiger partial charge is 0.493 e. The second kappa shape index (κ2) is 9.52. The van der Waals surface area contributed by atoms with Gasteiger partial charge >= 0.3 is 6.03 Å². The molecule has 0 saturated carbocycles. The Morgan fingerprint density at radius 2 is 1.79 bits per heavy atom. The number of carbonyl (C=O) groups excluding carboxylic acids is 2. The van der Waals surface area contributed by atoms with Crippen LogP contribution in [-0.4, -0.2) is 56.5 Å². The van der Waals surface area contributed by atoms with E-state index in [1.807, 2.05) is 41.3 Å². The van der Waals surface area contributed by atoms with E-state index < -0.39 is 0 Å². The minimum Gasteiger partial charge on any atom is -0.493 e. The van der Waals surface area contributed by atoms with E-state index in [0.717, 1.165) is 35.2 Å². The average Bonchev–Trinajstić information content (AvgIpc) is 3.02. The first-order valence-corrected chi connectivity index (χ1v) is 11.2. The van der Waals surface area contributed by atoms with Gasteiger partial charge in [-0.1, -0.05) is 12.1 Å². The maximum Gasteiger partial charge on any atom is 0.337 e. The molecule has 0 bridgehead atoms. The Balaban J connectivity index is 1.78. The van der Waals surface area contributed by atoms with E-state index in [0.29, 0.717) is 36.6 Å². The molecule has 2 aromatic rings. The van der Waals surface area contributed by atoms with Crippen LogP contribution in [-0.2, 0) is 11.2 Å². The van der Waals surface area contributed by atoms with Crippen molar-refractivity contribution in [3.05, 3.63) is 53.1 Å². The van der Waals surface area contributed by atoms with Gasteiger partial charge < -0.3 is 19.7 Å². The zero-order valence-electron chi connectivity index (χ0n) is 19.6. The van der Waals surface area contributed by atoms with Crippen LogP contribution in [0.15, 0.2) is 41.5 Å². The molecule has 1 N–H and O–H groups in total. The van der Waals surface area contributed by atoms with Crippen molar-refractivity contribution in [1.82, 2.24) is 10.3 Å². The number of hydrogen-bond donors (Lipinski definition) is 1. The van der Waals surface area contributed by atoms with Crippen LogP contribution in [0.2, 0.25) is 0 Å². The fourth-order valence-corrected chi connectivity index (χ4v) is 4.51. The molecular weight excluding hydrogens is 420 g/mol. The number of nitrogens with zero attached hydrogens (tertiary/aromatic N) is 3. The zero-order valence-corrected chi connectivity index (χ0v) is 19.6. The Kier molecular flexibility index (Phi) is 6.53. The molecule has 3 amide bonds. The summed E-state index contributed by atoms with van der Waals surface area (Å²) in [6, 6.07) is 11.6. The van der Waals surface area contributed by atoms with Gasteiger partial charge in [0.25, 0.3) is 0 Å². The number of carbonyl (C=O) groups is 2. The normalized spacial score (nSPS) is 18.2. The van der Waals surface area contributed by atoms with E-state index >= 15 is 0 Å². The van der Waals surface area contributed by atoms with E-state index in [9.17, 15) is 9.59 Å². The number of benzene rings is 2. The summed E-state index contributed by atoms with van der Waals surface area (Å²) in [4.78, 5) is 26.8. The van der Waals surface area contributed by atoms with Crippen molar-refractivity contribution >= 4 is 23.3 Å². The van der Waals surface area contributed by atoms with E-state index in [4.69, 9.17) is 14.6 Å². The maximum absolute atomic E-state index is 12.5. The van der Waals surface area contributed by atoms with Crippen LogP contribution in [0.1, 0.15) is 42.9 Å². The molecule has 0 radical (unpaired) electrons. The molecule has 2 aliphatic rings. The molecule has 0 aromatic heterocycles. The molecule has 2 aliphatic heterocycles. The van der Waals surface area contributed by atoms with Crippen molar-refractivity contribution in [2.75, 3.05) is 32.7 Å². The Morgan fingerprint density at radius 3 is 2.42 bits per heavy atom. The Bertz CT molecular complexity index is 1080. The van der Waals surface area contributed by atoms with Crippen LogP contribution in [0.5, 0.6) is 11.5 Å². The molecule has 0 unspecified atom stereocenters. The second-order valence-electron chi connectivity index (χ2n) is 8.29. The molecule has 33 heavy (non-hydrogen) atoms. The number of anilines is 1. The number of urea groups is 1. The summed E-state index contributed by atoms with van der Waals surface area (Å²) in [5.41, 5.74) is 4.29. The quantitative estimate of drug-likeness (QED) is 0.772. The fourth-order valence-electron chi connectivity index (χ4n) is 4.51. The third-order valence-electron chi connectivity index (χ3n) is 6.27. The first-order chi connectivity index (χ1) is 16.0. The molecule has 2 heterocycles. The van der Waals surface area contributed by atoms with Gasteiger partial charge in [-0.3, -0.25) is 4.79 Å². The predicted octanol–water partition coefficient (Wildman–Crippen LogP) is 3.56. The third kappa shape index (κ3) is 4.37. The second-order valence-corrected chi connectivity index (χ2v) is 8.29. The summed E-state index contributed by atoms with van der Waals surface area (Å²) in [7, 11) is 4.79. The van der Waals surface area contributed by atoms with Crippen LogP contribution >= 0.6 is 0 Å². The Morgan fingerprint density at radius 1 is 1.09 bits per heavy atom. The fraction of sp³-hybridized carbons (Fsp3) is 0.400. The molecule has 8 nitrogen and oxygen atoms in total. The first kappa shape index (κ1) is 22.6. The molecule has 2 aromatic carbocycles. The minimum atomic E-state index is -0.274. The van der Waals surface area contributed by atoms with Gasteiger partial charge in [0.1, 0.15) is 0 Å². The van der Waals surface area contributed by atoms with Crippen molar-refractivity contribution in [1.29, 1.82) is 0 Å². The minimum absolute atomic E-state index is 0.154. The SMILES string of the molecule is CNC(=O)N1CCc2cc(OC)c(OC)cc2C(c2ccc(N3C(=O)CCC[C@H]3C)cc2)=N1. The van der Waals surface area contributed by atoms with Crippen LogP contribution in [0, 0.1) is 0 Å². The lowest BCUT2D eigenvalue weighted by atomic mass is 9.95. The molecule has 1 saturated heterocycles. The average molecular weight is 451 g/mol. The van der Waals surface area contributed by atoms with Gasteiger partial charge in [0, 0.05) is 36.3 Å². The summed E-state index contributed by atoms with van der Waals surface area (Å²) in [5, 5.41) is 8.82. The van der Waals surface area contributed by atoms with Crippen molar-refractivity contribution in [2.24, 2.45) is 5.10 Å². The highest BCUT2D eigenvalue weighted by Crippen LogP contribution is 2.34. The number of hydrazone groups is 1. The number of piperidine rings is 1. The van der Waals surface area contributed by atoms with Crippen molar-refractivity contribution in [2.45, 2.75) is 38.6 Å². The number of rotatable bonds is 4. The monoisotopic (exact) mass is 450 g/mol. The number of ether oxygens (including phenoxy) is 2. The van der Waals surface area contributed by atoms with Gasteiger partial charge in [0.2, 0.25) is 5.91 Å². The van der Waals surface area contributed by atoms with E-state index in [1.165, 1.54) is 5.01 Å². The third-order valence-corrected chi connectivity index (χ3v) is 6.27. The lowest BCUT2D eigenvalue weighted by Gasteiger charge is -2.33. The molecule has 1 fully saturated rings. The number of methoxy groups -OCH3 is 2. The summed E-state index contributed by atoms with van der Waals surface area (Å²) in [6.45, 7) is 2.51. The molecule has 8 heteroatoms. The van der Waals surface area contributed by atoms with E-state index in [-0.39, 0.29) is 18.0 Å². The van der Waals surface area contributed by atoms with Gasteiger partial charge in [-0.05, 0) is 56.0 Å². The molecular formula is C25H30N4O4. The summed E-state index contributed by atoms with van der Waals surface area (Å²) < 4.78 is 11.0. The standard InChI is InChI=1S/C25H30N4O4/c1-16-6-5-7-23(30)29(16)19-10-8-17(9-11-19)24-20-15-22(33-4)21(32-3)14-18(20)12-13-28(27-24)25(31)26-2/h8-11,14-16H,5-7,12-13H2,1-4H3,(H,26,31)/t16-/m1/s1. The summed E-state index contributed by atoms with van der Waals surface area (Å²) in [6.07, 6.45) is 3.13. The highest BCUT2D eigenvalue weighted by atomic mass is 16.5. The van der Waals surface area contributed by atoms with Gasteiger partial charge in [-0.25, -0.2) is 9.80 Å². The van der Waals surface area contributed by atoms with Crippen LogP contribution in [0.3, 0.4) is 0 Å². The Labute approximate surface area is 194 Å². The van der Waals surface area contributed by atoms with E-state index in [1.54, 1.807) is 21.3 Å². The number of nitrogens with one attached hydrogen (secondary N) is 1. The summed E-state index contributed by atoms with van der Waals surface area (Å²) in [5.74, 6) is 1.39. The number of fused-ring (bicyclic) bond motifs is 1. The van der Waals surface area contributed by atoms with Gasteiger partial charge in [0.15, 0.2) is 11.5 Å². The molecule has 1 atom stereocenters. The topological polar surface area (TPSA) is 83.5 Å². The smallest absolute Gasteiger partial charge is 0.337 e. The molecule has 0 aliphatic carbocycles. The van der Waals surface area contributed by atoms with Crippen LogP contribution < -0.4 is 19.7 Å². The van der Waals surface area contributed by atoms with Crippen LogP contribution in [0.4, 0.5) is 10.5 Å². The molecule has 174 valence electrons. The predicted molar refractivity (Wildman–Crippen MR) is 127 cm³/mol. The summed E-state index contributed by atoms with van der Waals surface area (Å²) >= 11 is 0. The lowest BCUT2D eigenvalue weighted by molar-refractivity contribution is -0.120. The first-order valence-electron chi connectivity index (χ1n) is 11.2. The maximum atomic E-state index is 12.5. The molecule has 0 spiro atoms. The Hall–Kier alpha value is -3.55. The lowest BCUT2D eigenvalue weighted by Crippen LogP contribution is -2.42. The zero-order chi connectivity index (χ0) is 23.5. The van der Waals surface area contributed by atoms with Gasteiger partial charge in [0.05, 0.1) is 26.5 Å². The van der Waals surface area contributed by atoms with Gasteiger partial charge in [-0.15, -0.1) is 0 Å². The number of hydrogen-bond acceptors (Lipinski definition) is 5.